The number of thiocarbonyl (C=S) groups is 1. The van der Waals surface area contributed by atoms with Crippen molar-refractivity contribution in [3.8, 4) is 0 Å². The first-order valence-electron chi connectivity index (χ1n) is 8.12. The maximum atomic E-state index is 5.32. The molecule has 126 valence electrons. The lowest BCUT2D eigenvalue weighted by molar-refractivity contribution is 0.0389. The minimum atomic E-state index is 0.544. The van der Waals surface area contributed by atoms with E-state index in [-0.39, 0.29) is 0 Å². The SMILES string of the molecule is CC(C)c1ccc(/C=N/NC(=S)NCCN2CCOCC2)cc1. The summed E-state index contributed by atoms with van der Waals surface area (Å²) in [5, 5.41) is 7.88. The van der Waals surface area contributed by atoms with E-state index in [0.717, 1.165) is 45.0 Å². The largest absolute Gasteiger partial charge is 0.379 e. The zero-order valence-corrected chi connectivity index (χ0v) is 14.7. The fraction of sp³-hybridized carbons (Fsp3) is 0.529. The molecule has 0 radical (unpaired) electrons. The quantitative estimate of drug-likeness (QED) is 0.473. The van der Waals surface area contributed by atoms with E-state index in [2.05, 4.69) is 58.9 Å². The highest BCUT2D eigenvalue weighted by molar-refractivity contribution is 7.80. The fourth-order valence-corrected chi connectivity index (χ4v) is 2.48. The maximum absolute atomic E-state index is 5.32. The van der Waals surface area contributed by atoms with Crippen LogP contribution in [-0.2, 0) is 4.74 Å². The molecule has 2 N–H and O–H groups in total. The number of nitrogens with one attached hydrogen (secondary N) is 2. The van der Waals surface area contributed by atoms with E-state index in [1.807, 2.05) is 0 Å². The summed E-state index contributed by atoms with van der Waals surface area (Å²) in [6, 6.07) is 8.39. The van der Waals surface area contributed by atoms with E-state index in [4.69, 9.17) is 17.0 Å². The average molecular weight is 334 g/mol. The summed E-state index contributed by atoms with van der Waals surface area (Å²) in [5.74, 6) is 0.544. The lowest BCUT2D eigenvalue weighted by atomic mass is 10.0. The maximum Gasteiger partial charge on any atom is 0.187 e. The minimum Gasteiger partial charge on any atom is -0.379 e. The summed E-state index contributed by atoms with van der Waals surface area (Å²) in [4.78, 5) is 2.36. The van der Waals surface area contributed by atoms with E-state index < -0.39 is 0 Å². The third kappa shape index (κ3) is 6.64. The Morgan fingerprint density at radius 3 is 2.65 bits per heavy atom. The topological polar surface area (TPSA) is 48.9 Å². The smallest absolute Gasteiger partial charge is 0.187 e. The van der Waals surface area contributed by atoms with Gasteiger partial charge in [-0.1, -0.05) is 38.1 Å². The van der Waals surface area contributed by atoms with Gasteiger partial charge in [0.1, 0.15) is 0 Å². The molecule has 1 heterocycles. The summed E-state index contributed by atoms with van der Waals surface area (Å²) < 4.78 is 5.32. The molecule has 23 heavy (non-hydrogen) atoms. The predicted molar refractivity (Wildman–Crippen MR) is 99.1 cm³/mol. The van der Waals surface area contributed by atoms with Crippen molar-refractivity contribution in [3.63, 3.8) is 0 Å². The van der Waals surface area contributed by atoms with Crippen LogP contribution in [0.1, 0.15) is 30.9 Å². The summed E-state index contributed by atoms with van der Waals surface area (Å²) in [6.45, 7) is 9.78. The van der Waals surface area contributed by atoms with Crippen LogP contribution in [-0.4, -0.2) is 55.6 Å². The standard InChI is InChI=1S/C17H26N4OS/c1-14(2)16-5-3-15(4-6-16)13-19-20-17(23)18-7-8-21-9-11-22-12-10-21/h3-6,13-14H,7-12H2,1-2H3,(H2,18,20,23)/b19-13+. The number of nitrogens with zero attached hydrogens (tertiary/aromatic N) is 2. The third-order valence-electron chi connectivity index (χ3n) is 3.80. The van der Waals surface area contributed by atoms with Crippen molar-refractivity contribution in [2.24, 2.45) is 5.10 Å². The molecule has 0 saturated carbocycles. The first-order valence-corrected chi connectivity index (χ1v) is 8.53. The van der Waals surface area contributed by atoms with Crippen LogP contribution in [0.15, 0.2) is 29.4 Å². The first-order chi connectivity index (χ1) is 11.1. The van der Waals surface area contributed by atoms with E-state index in [0.29, 0.717) is 11.0 Å². The molecule has 0 spiro atoms. The molecule has 1 aliphatic heterocycles. The van der Waals surface area contributed by atoms with Crippen molar-refractivity contribution in [3.05, 3.63) is 35.4 Å². The molecule has 1 fully saturated rings. The van der Waals surface area contributed by atoms with Gasteiger partial charge in [-0.25, -0.2) is 0 Å². The number of hydrogen-bond donors (Lipinski definition) is 2. The monoisotopic (exact) mass is 334 g/mol. The van der Waals surface area contributed by atoms with E-state index in [1.165, 1.54) is 5.56 Å². The average Bonchev–Trinajstić information content (AvgIpc) is 2.56. The molecule has 1 saturated heterocycles. The van der Waals surface area contributed by atoms with Crippen LogP contribution in [0, 0.1) is 0 Å². The number of morpholine rings is 1. The van der Waals surface area contributed by atoms with Crippen LogP contribution < -0.4 is 10.7 Å². The van der Waals surface area contributed by atoms with Gasteiger partial charge in [0.15, 0.2) is 5.11 Å². The van der Waals surface area contributed by atoms with Crippen molar-refractivity contribution in [2.75, 3.05) is 39.4 Å². The normalized spacial score (nSPS) is 16.0. The van der Waals surface area contributed by atoms with Gasteiger partial charge < -0.3 is 10.1 Å². The molecular weight excluding hydrogens is 308 g/mol. The Morgan fingerprint density at radius 1 is 1.30 bits per heavy atom. The summed E-state index contributed by atoms with van der Waals surface area (Å²) in [5.41, 5.74) is 5.24. The number of hydrazone groups is 1. The minimum absolute atomic E-state index is 0.544. The molecule has 2 rings (SSSR count). The molecule has 0 amide bonds. The van der Waals surface area contributed by atoms with Crippen LogP contribution in [0.2, 0.25) is 0 Å². The Bertz CT molecular complexity index is 510. The van der Waals surface area contributed by atoms with Gasteiger partial charge in [-0.2, -0.15) is 5.10 Å². The van der Waals surface area contributed by atoms with Gasteiger partial charge in [-0.05, 0) is 29.3 Å². The number of rotatable bonds is 6. The van der Waals surface area contributed by atoms with Gasteiger partial charge in [0, 0.05) is 26.2 Å². The molecule has 1 aromatic carbocycles. The summed E-state index contributed by atoms with van der Waals surface area (Å²) in [6.07, 6.45) is 1.78. The first kappa shape index (κ1) is 17.8. The van der Waals surface area contributed by atoms with Gasteiger partial charge in [0.05, 0.1) is 19.4 Å². The van der Waals surface area contributed by atoms with Gasteiger partial charge >= 0.3 is 0 Å². The van der Waals surface area contributed by atoms with Crippen molar-refractivity contribution in [1.82, 2.24) is 15.6 Å². The van der Waals surface area contributed by atoms with E-state index in [9.17, 15) is 0 Å². The highest BCUT2D eigenvalue weighted by Crippen LogP contribution is 2.13. The van der Waals surface area contributed by atoms with Crippen molar-refractivity contribution < 1.29 is 4.74 Å². The Balaban J connectivity index is 1.65. The molecular formula is C17H26N4OS. The molecule has 0 bridgehead atoms. The summed E-state index contributed by atoms with van der Waals surface area (Å²) >= 11 is 5.21. The third-order valence-corrected chi connectivity index (χ3v) is 4.04. The van der Waals surface area contributed by atoms with E-state index in [1.54, 1.807) is 6.21 Å². The van der Waals surface area contributed by atoms with Gasteiger partial charge in [-0.15, -0.1) is 0 Å². The second-order valence-electron chi connectivity index (χ2n) is 5.90. The van der Waals surface area contributed by atoms with Crippen LogP contribution in [0.25, 0.3) is 0 Å². The zero-order valence-electron chi connectivity index (χ0n) is 13.9. The van der Waals surface area contributed by atoms with Crippen molar-refractivity contribution in [2.45, 2.75) is 19.8 Å². The zero-order chi connectivity index (χ0) is 16.5. The van der Waals surface area contributed by atoms with Gasteiger partial charge in [0.25, 0.3) is 0 Å². The number of ether oxygens (including phenoxy) is 1. The van der Waals surface area contributed by atoms with E-state index >= 15 is 0 Å². The molecule has 1 aliphatic rings. The lowest BCUT2D eigenvalue weighted by Gasteiger charge is -2.26. The second-order valence-corrected chi connectivity index (χ2v) is 6.31. The molecule has 0 atom stereocenters. The molecule has 0 aliphatic carbocycles. The highest BCUT2D eigenvalue weighted by atomic mass is 32.1. The Morgan fingerprint density at radius 2 is 2.00 bits per heavy atom. The molecule has 1 aromatic rings. The van der Waals surface area contributed by atoms with Gasteiger partial charge in [0.2, 0.25) is 0 Å². The molecule has 0 aromatic heterocycles. The second kappa shape index (κ2) is 9.60. The predicted octanol–water partition coefficient (Wildman–Crippen LogP) is 1.94. The lowest BCUT2D eigenvalue weighted by Crippen LogP contribution is -2.42. The highest BCUT2D eigenvalue weighted by Gasteiger charge is 2.09. The van der Waals surface area contributed by atoms with Crippen LogP contribution >= 0.6 is 12.2 Å². The Labute approximate surface area is 144 Å². The Hall–Kier alpha value is -1.50. The van der Waals surface area contributed by atoms with Crippen LogP contribution in [0.5, 0.6) is 0 Å². The van der Waals surface area contributed by atoms with Crippen LogP contribution in [0.4, 0.5) is 0 Å². The van der Waals surface area contributed by atoms with Gasteiger partial charge in [-0.3, -0.25) is 10.3 Å². The van der Waals surface area contributed by atoms with Crippen LogP contribution in [0.3, 0.4) is 0 Å². The Kier molecular flexibility index (Phi) is 7.45. The fourth-order valence-electron chi connectivity index (χ4n) is 2.32. The molecule has 5 nitrogen and oxygen atoms in total. The summed E-state index contributed by atoms with van der Waals surface area (Å²) in [7, 11) is 0. The number of hydrogen-bond acceptors (Lipinski definition) is 4. The van der Waals surface area contributed by atoms with Crippen molar-refractivity contribution >= 4 is 23.5 Å². The molecule has 6 heteroatoms. The molecule has 0 unspecified atom stereocenters. The van der Waals surface area contributed by atoms with Crippen molar-refractivity contribution in [1.29, 1.82) is 0 Å². The number of benzene rings is 1.